The van der Waals surface area contributed by atoms with E-state index < -0.39 is 0 Å². The standard InChI is InChI=1S/C22H16N4O3S2/c27-19(13-30-22-24-16-8-3-4-10-18(16)31-22)23-15-7-2-1-6-14(15)12-20-25-21(26-29-20)17-9-5-11-28-17/h1-11H,12-13H2,(H,23,27). The van der Waals surface area contributed by atoms with E-state index in [0.29, 0.717) is 23.9 Å². The van der Waals surface area contributed by atoms with Gasteiger partial charge in [-0.15, -0.1) is 11.3 Å². The maximum absolute atomic E-state index is 12.5. The molecule has 0 aliphatic heterocycles. The first-order chi connectivity index (χ1) is 15.2. The summed E-state index contributed by atoms with van der Waals surface area (Å²) in [5.41, 5.74) is 2.56. The van der Waals surface area contributed by atoms with Gasteiger partial charge in [-0.2, -0.15) is 4.98 Å². The molecule has 1 N–H and O–H groups in total. The van der Waals surface area contributed by atoms with Crippen molar-refractivity contribution in [3.63, 3.8) is 0 Å². The summed E-state index contributed by atoms with van der Waals surface area (Å²) in [5, 5.41) is 6.93. The summed E-state index contributed by atoms with van der Waals surface area (Å²) in [6.07, 6.45) is 1.96. The first-order valence-corrected chi connectivity index (χ1v) is 11.3. The van der Waals surface area contributed by atoms with E-state index in [-0.39, 0.29) is 11.7 Å². The van der Waals surface area contributed by atoms with Crippen LogP contribution in [0.25, 0.3) is 21.8 Å². The Bertz CT molecular complexity index is 1290. The molecule has 0 radical (unpaired) electrons. The van der Waals surface area contributed by atoms with Crippen LogP contribution in [-0.2, 0) is 11.2 Å². The second-order valence-electron chi connectivity index (χ2n) is 6.61. The number of thioether (sulfide) groups is 1. The van der Waals surface area contributed by atoms with Gasteiger partial charge in [0.2, 0.25) is 17.6 Å². The summed E-state index contributed by atoms with van der Waals surface area (Å²) in [5.74, 6) is 1.56. The van der Waals surface area contributed by atoms with Crippen molar-refractivity contribution in [1.29, 1.82) is 0 Å². The molecule has 5 rings (SSSR count). The molecule has 0 saturated heterocycles. The van der Waals surface area contributed by atoms with E-state index in [1.165, 1.54) is 11.8 Å². The minimum absolute atomic E-state index is 0.0986. The van der Waals surface area contributed by atoms with Gasteiger partial charge in [-0.25, -0.2) is 4.98 Å². The molecule has 3 aromatic heterocycles. The summed E-state index contributed by atoms with van der Waals surface area (Å²) in [6.45, 7) is 0. The number of fused-ring (bicyclic) bond motifs is 1. The number of furan rings is 1. The number of anilines is 1. The number of benzene rings is 2. The van der Waals surface area contributed by atoms with Crippen molar-refractivity contribution in [3.8, 4) is 11.6 Å². The average Bonchev–Trinajstić information content (AvgIpc) is 3.53. The van der Waals surface area contributed by atoms with E-state index in [4.69, 9.17) is 8.94 Å². The van der Waals surface area contributed by atoms with Crippen LogP contribution in [0.3, 0.4) is 0 Å². The highest BCUT2D eigenvalue weighted by atomic mass is 32.2. The van der Waals surface area contributed by atoms with Crippen molar-refractivity contribution in [1.82, 2.24) is 15.1 Å². The monoisotopic (exact) mass is 448 g/mol. The minimum Gasteiger partial charge on any atom is -0.461 e. The van der Waals surface area contributed by atoms with Gasteiger partial charge in [-0.1, -0.05) is 47.3 Å². The molecule has 3 heterocycles. The van der Waals surface area contributed by atoms with Gasteiger partial charge in [-0.05, 0) is 35.9 Å². The number of thiazole rings is 1. The van der Waals surface area contributed by atoms with Crippen LogP contribution in [0, 0.1) is 0 Å². The molecule has 154 valence electrons. The lowest BCUT2D eigenvalue weighted by molar-refractivity contribution is -0.113. The molecule has 31 heavy (non-hydrogen) atoms. The fraction of sp³-hybridized carbons (Fsp3) is 0.0909. The van der Waals surface area contributed by atoms with E-state index in [1.807, 2.05) is 48.5 Å². The Labute approximate surface area is 185 Å². The first-order valence-electron chi connectivity index (χ1n) is 9.47. The number of aromatic nitrogens is 3. The highest BCUT2D eigenvalue weighted by Gasteiger charge is 2.14. The van der Waals surface area contributed by atoms with Crippen LogP contribution < -0.4 is 5.32 Å². The molecular formula is C22H16N4O3S2. The number of para-hydroxylation sites is 2. The van der Waals surface area contributed by atoms with Gasteiger partial charge < -0.3 is 14.3 Å². The predicted molar refractivity (Wildman–Crippen MR) is 120 cm³/mol. The molecule has 0 atom stereocenters. The minimum atomic E-state index is -0.0986. The highest BCUT2D eigenvalue weighted by molar-refractivity contribution is 8.01. The van der Waals surface area contributed by atoms with E-state index in [1.54, 1.807) is 29.7 Å². The lowest BCUT2D eigenvalue weighted by Gasteiger charge is -2.09. The third-order valence-corrected chi connectivity index (χ3v) is 6.62. The van der Waals surface area contributed by atoms with Gasteiger partial charge in [0.15, 0.2) is 10.1 Å². The summed E-state index contributed by atoms with van der Waals surface area (Å²) in [4.78, 5) is 21.5. The quantitative estimate of drug-likeness (QED) is 0.339. The largest absolute Gasteiger partial charge is 0.461 e. The molecule has 2 aromatic carbocycles. The molecule has 0 unspecified atom stereocenters. The molecule has 7 nitrogen and oxygen atoms in total. The average molecular weight is 449 g/mol. The van der Waals surface area contributed by atoms with Crippen LogP contribution in [0.15, 0.2) is 80.2 Å². The van der Waals surface area contributed by atoms with Crippen LogP contribution in [0.5, 0.6) is 0 Å². The summed E-state index contributed by atoms with van der Waals surface area (Å²) < 4.78 is 12.6. The number of nitrogens with zero attached hydrogens (tertiary/aromatic N) is 3. The zero-order valence-electron chi connectivity index (χ0n) is 16.1. The Morgan fingerprint density at radius 3 is 2.77 bits per heavy atom. The fourth-order valence-electron chi connectivity index (χ4n) is 3.02. The number of hydrogen-bond acceptors (Lipinski definition) is 8. The van der Waals surface area contributed by atoms with Crippen LogP contribution in [-0.4, -0.2) is 26.8 Å². The molecule has 1 amide bonds. The number of hydrogen-bond donors (Lipinski definition) is 1. The molecule has 0 fully saturated rings. The van der Waals surface area contributed by atoms with Gasteiger partial charge in [0.1, 0.15) is 0 Å². The molecule has 0 saturated carbocycles. The third kappa shape index (κ3) is 4.52. The van der Waals surface area contributed by atoms with Crippen LogP contribution in [0.4, 0.5) is 5.69 Å². The highest BCUT2D eigenvalue weighted by Crippen LogP contribution is 2.29. The van der Waals surface area contributed by atoms with Gasteiger partial charge in [0.25, 0.3) is 0 Å². The van der Waals surface area contributed by atoms with Crippen molar-refractivity contribution in [2.75, 3.05) is 11.1 Å². The Morgan fingerprint density at radius 1 is 1.03 bits per heavy atom. The number of carbonyl (C=O) groups is 1. The second kappa shape index (κ2) is 8.75. The molecule has 0 aliphatic carbocycles. The third-order valence-electron chi connectivity index (χ3n) is 4.44. The van der Waals surface area contributed by atoms with Crippen LogP contribution in [0.1, 0.15) is 11.5 Å². The normalized spacial score (nSPS) is 11.1. The molecule has 0 aliphatic rings. The Hall–Kier alpha value is -3.43. The van der Waals surface area contributed by atoms with Gasteiger partial charge in [0, 0.05) is 5.69 Å². The maximum atomic E-state index is 12.5. The molecular weight excluding hydrogens is 432 g/mol. The van der Waals surface area contributed by atoms with E-state index in [2.05, 4.69) is 20.4 Å². The molecule has 5 aromatic rings. The number of amides is 1. The predicted octanol–water partition coefficient (Wildman–Crippen LogP) is 5.26. The van der Waals surface area contributed by atoms with Crippen molar-refractivity contribution in [3.05, 3.63) is 78.4 Å². The molecule has 0 bridgehead atoms. The van der Waals surface area contributed by atoms with E-state index in [9.17, 15) is 4.79 Å². The lowest BCUT2D eigenvalue weighted by atomic mass is 10.1. The lowest BCUT2D eigenvalue weighted by Crippen LogP contribution is -2.15. The van der Waals surface area contributed by atoms with Gasteiger partial charge in [-0.3, -0.25) is 4.79 Å². The number of carbonyl (C=O) groups excluding carboxylic acids is 1. The van der Waals surface area contributed by atoms with E-state index in [0.717, 1.165) is 25.8 Å². The summed E-state index contributed by atoms with van der Waals surface area (Å²) in [6, 6.07) is 19.1. The van der Waals surface area contributed by atoms with Gasteiger partial charge >= 0.3 is 0 Å². The first kappa shape index (κ1) is 19.5. The van der Waals surface area contributed by atoms with Gasteiger partial charge in [0.05, 0.1) is 28.7 Å². The van der Waals surface area contributed by atoms with Crippen molar-refractivity contribution >= 4 is 44.9 Å². The zero-order valence-corrected chi connectivity index (χ0v) is 17.8. The van der Waals surface area contributed by atoms with Crippen LogP contribution in [0.2, 0.25) is 0 Å². The fourth-order valence-corrected chi connectivity index (χ4v) is 4.89. The molecule has 0 spiro atoms. The Kier molecular flexibility index (Phi) is 5.51. The Morgan fingerprint density at radius 2 is 1.90 bits per heavy atom. The SMILES string of the molecule is O=C(CSc1nc2ccccc2s1)Nc1ccccc1Cc1nc(-c2ccco2)no1. The van der Waals surface area contributed by atoms with Crippen LogP contribution >= 0.6 is 23.1 Å². The summed E-state index contributed by atoms with van der Waals surface area (Å²) >= 11 is 3.02. The smallest absolute Gasteiger partial charge is 0.238 e. The number of rotatable bonds is 7. The Balaban J connectivity index is 1.24. The topological polar surface area (TPSA) is 94.1 Å². The number of nitrogens with one attached hydrogen (secondary N) is 1. The van der Waals surface area contributed by atoms with Crippen molar-refractivity contribution in [2.45, 2.75) is 10.8 Å². The summed E-state index contributed by atoms with van der Waals surface area (Å²) in [7, 11) is 0. The van der Waals surface area contributed by atoms with Crippen molar-refractivity contribution < 1.29 is 13.7 Å². The second-order valence-corrected chi connectivity index (χ2v) is 8.86. The maximum Gasteiger partial charge on any atom is 0.238 e. The van der Waals surface area contributed by atoms with Crippen molar-refractivity contribution in [2.24, 2.45) is 0 Å². The zero-order chi connectivity index (χ0) is 21.0. The van der Waals surface area contributed by atoms with E-state index >= 15 is 0 Å². The molecule has 9 heteroatoms.